The molecule has 0 radical (unpaired) electrons. The van der Waals surface area contributed by atoms with E-state index in [4.69, 9.17) is 5.73 Å². The Labute approximate surface area is 149 Å². The number of aromatic nitrogens is 5. The van der Waals surface area contributed by atoms with Gasteiger partial charge in [0.1, 0.15) is 6.33 Å². The molecule has 0 saturated heterocycles. The second-order valence-electron chi connectivity index (χ2n) is 5.97. The Morgan fingerprint density at radius 1 is 1.15 bits per heavy atom. The van der Waals surface area contributed by atoms with Crippen LogP contribution in [0.1, 0.15) is 15.9 Å². The molecule has 0 spiro atoms. The zero-order chi connectivity index (χ0) is 18.1. The van der Waals surface area contributed by atoms with Gasteiger partial charge in [-0.15, -0.1) is 0 Å². The predicted octanol–water partition coefficient (Wildman–Crippen LogP) is 3.03. The molecular formula is C19H16N6O. The standard InChI is InChI=1S/C19H16N6O/c1-12-2-3-13(19-21-11-22-24-19)7-18(12)25-9-15(8-23-25)17-5-4-16(20)6-14(17)10-26/h2-11H,20H2,1H3,(H,21,22,24). The molecule has 0 atom stereocenters. The van der Waals surface area contributed by atoms with Crippen molar-refractivity contribution in [3.63, 3.8) is 0 Å². The first-order chi connectivity index (χ1) is 12.7. The summed E-state index contributed by atoms with van der Waals surface area (Å²) in [6.45, 7) is 2.01. The second-order valence-corrected chi connectivity index (χ2v) is 5.97. The normalized spacial score (nSPS) is 10.8. The minimum absolute atomic E-state index is 0.539. The Kier molecular flexibility index (Phi) is 3.81. The lowest BCUT2D eigenvalue weighted by molar-refractivity contribution is 0.112. The molecule has 2 heterocycles. The van der Waals surface area contributed by atoms with E-state index in [1.54, 1.807) is 23.0 Å². The van der Waals surface area contributed by atoms with Crippen molar-refractivity contribution in [2.75, 3.05) is 5.73 Å². The van der Waals surface area contributed by atoms with Crippen molar-refractivity contribution in [3.8, 4) is 28.2 Å². The minimum atomic E-state index is 0.539. The average Bonchev–Trinajstić information content (AvgIpc) is 3.34. The van der Waals surface area contributed by atoms with Gasteiger partial charge in [-0.2, -0.15) is 10.2 Å². The number of nitrogen functional groups attached to an aromatic ring is 1. The molecular weight excluding hydrogens is 328 g/mol. The summed E-state index contributed by atoms with van der Waals surface area (Å²) >= 11 is 0. The van der Waals surface area contributed by atoms with Crippen LogP contribution in [0.3, 0.4) is 0 Å². The summed E-state index contributed by atoms with van der Waals surface area (Å²) in [7, 11) is 0. The Hall–Kier alpha value is -3.74. The number of benzene rings is 2. The van der Waals surface area contributed by atoms with E-state index in [0.717, 1.165) is 34.2 Å². The first-order valence-electron chi connectivity index (χ1n) is 8.02. The maximum absolute atomic E-state index is 11.4. The molecule has 0 aliphatic carbocycles. The van der Waals surface area contributed by atoms with E-state index in [-0.39, 0.29) is 0 Å². The quantitative estimate of drug-likeness (QED) is 0.437. The van der Waals surface area contributed by atoms with E-state index >= 15 is 0 Å². The molecule has 2 aromatic heterocycles. The van der Waals surface area contributed by atoms with Crippen LogP contribution in [0.5, 0.6) is 0 Å². The Morgan fingerprint density at radius 3 is 2.81 bits per heavy atom. The van der Waals surface area contributed by atoms with Crippen molar-refractivity contribution in [2.24, 2.45) is 0 Å². The van der Waals surface area contributed by atoms with Gasteiger partial charge >= 0.3 is 0 Å². The van der Waals surface area contributed by atoms with Gasteiger partial charge in [0, 0.05) is 28.6 Å². The number of aromatic amines is 1. The van der Waals surface area contributed by atoms with E-state index in [0.29, 0.717) is 17.1 Å². The van der Waals surface area contributed by atoms with Crippen molar-refractivity contribution in [3.05, 3.63) is 66.2 Å². The topological polar surface area (TPSA) is 102 Å². The largest absolute Gasteiger partial charge is 0.399 e. The Bertz CT molecular complexity index is 1080. The lowest BCUT2D eigenvalue weighted by atomic mass is 10.0. The van der Waals surface area contributed by atoms with Crippen LogP contribution in [0, 0.1) is 6.92 Å². The maximum Gasteiger partial charge on any atom is 0.155 e. The molecule has 4 aromatic rings. The van der Waals surface area contributed by atoms with Gasteiger partial charge in [-0.1, -0.05) is 18.2 Å². The first kappa shape index (κ1) is 15.8. The summed E-state index contributed by atoms with van der Waals surface area (Å²) in [5.41, 5.74) is 11.4. The molecule has 26 heavy (non-hydrogen) atoms. The average molecular weight is 344 g/mol. The van der Waals surface area contributed by atoms with Crippen LogP contribution in [-0.4, -0.2) is 31.2 Å². The highest BCUT2D eigenvalue weighted by Crippen LogP contribution is 2.27. The Morgan fingerprint density at radius 2 is 2.04 bits per heavy atom. The lowest BCUT2D eigenvalue weighted by Crippen LogP contribution is -1.98. The molecule has 128 valence electrons. The summed E-state index contributed by atoms with van der Waals surface area (Å²) in [5.74, 6) is 0.695. The fraction of sp³-hybridized carbons (Fsp3) is 0.0526. The summed E-state index contributed by atoms with van der Waals surface area (Å²) in [6.07, 6.45) is 5.91. The summed E-state index contributed by atoms with van der Waals surface area (Å²) < 4.78 is 1.79. The van der Waals surface area contributed by atoms with E-state index < -0.39 is 0 Å². The van der Waals surface area contributed by atoms with Crippen LogP contribution < -0.4 is 5.73 Å². The van der Waals surface area contributed by atoms with E-state index in [1.807, 2.05) is 37.4 Å². The first-order valence-corrected chi connectivity index (χ1v) is 8.02. The minimum Gasteiger partial charge on any atom is -0.399 e. The van der Waals surface area contributed by atoms with Gasteiger partial charge in [-0.25, -0.2) is 9.67 Å². The van der Waals surface area contributed by atoms with E-state index in [1.165, 1.54) is 6.33 Å². The molecule has 0 unspecified atom stereocenters. The molecule has 0 aliphatic rings. The SMILES string of the molecule is Cc1ccc(-c2ncn[nH]2)cc1-n1cc(-c2ccc(N)cc2C=O)cn1. The van der Waals surface area contributed by atoms with Crippen LogP contribution in [0.15, 0.2) is 55.1 Å². The number of hydrogen-bond acceptors (Lipinski definition) is 5. The third-order valence-corrected chi connectivity index (χ3v) is 4.24. The number of nitrogens with zero attached hydrogens (tertiary/aromatic N) is 4. The summed E-state index contributed by atoms with van der Waals surface area (Å²) in [4.78, 5) is 15.5. The number of carbonyl (C=O) groups excluding carboxylic acids is 1. The molecule has 7 heteroatoms. The fourth-order valence-corrected chi connectivity index (χ4v) is 2.88. The van der Waals surface area contributed by atoms with Crippen LogP contribution in [0.2, 0.25) is 0 Å². The molecule has 0 fully saturated rings. The van der Waals surface area contributed by atoms with E-state index in [2.05, 4.69) is 20.3 Å². The van der Waals surface area contributed by atoms with Crippen LogP contribution >= 0.6 is 0 Å². The molecule has 0 amide bonds. The highest BCUT2D eigenvalue weighted by Gasteiger charge is 2.11. The zero-order valence-electron chi connectivity index (χ0n) is 14.0. The van der Waals surface area contributed by atoms with Crippen LogP contribution in [0.25, 0.3) is 28.2 Å². The maximum atomic E-state index is 11.4. The smallest absolute Gasteiger partial charge is 0.155 e. The van der Waals surface area contributed by atoms with Gasteiger partial charge in [0.25, 0.3) is 0 Å². The fourth-order valence-electron chi connectivity index (χ4n) is 2.88. The van der Waals surface area contributed by atoms with Gasteiger partial charge in [-0.05, 0) is 36.2 Å². The lowest BCUT2D eigenvalue weighted by Gasteiger charge is -2.08. The van der Waals surface area contributed by atoms with Crippen molar-refractivity contribution < 1.29 is 4.79 Å². The number of aryl methyl sites for hydroxylation is 1. The van der Waals surface area contributed by atoms with E-state index in [9.17, 15) is 4.79 Å². The highest BCUT2D eigenvalue weighted by molar-refractivity contribution is 5.88. The van der Waals surface area contributed by atoms with Crippen LogP contribution in [-0.2, 0) is 0 Å². The highest BCUT2D eigenvalue weighted by atomic mass is 16.1. The van der Waals surface area contributed by atoms with Crippen molar-refractivity contribution in [1.82, 2.24) is 25.0 Å². The molecule has 0 saturated carbocycles. The third kappa shape index (κ3) is 2.75. The third-order valence-electron chi connectivity index (χ3n) is 4.24. The molecule has 3 N–H and O–H groups in total. The molecule has 0 bridgehead atoms. The van der Waals surface area contributed by atoms with Gasteiger partial charge in [-0.3, -0.25) is 9.89 Å². The number of carbonyl (C=O) groups is 1. The number of hydrogen-bond donors (Lipinski definition) is 2. The van der Waals surface area contributed by atoms with Crippen molar-refractivity contribution >= 4 is 12.0 Å². The summed E-state index contributed by atoms with van der Waals surface area (Å²) in [5, 5.41) is 11.2. The summed E-state index contributed by atoms with van der Waals surface area (Å²) in [6, 6.07) is 11.3. The number of nitrogens with two attached hydrogens (primary N) is 1. The molecule has 2 aromatic carbocycles. The predicted molar refractivity (Wildman–Crippen MR) is 98.9 cm³/mol. The monoisotopic (exact) mass is 344 g/mol. The second kappa shape index (κ2) is 6.29. The number of aldehydes is 1. The molecule has 7 nitrogen and oxygen atoms in total. The van der Waals surface area contributed by atoms with Gasteiger partial charge in [0.2, 0.25) is 0 Å². The molecule has 0 aliphatic heterocycles. The van der Waals surface area contributed by atoms with Gasteiger partial charge in [0.15, 0.2) is 12.1 Å². The molecule has 4 rings (SSSR count). The van der Waals surface area contributed by atoms with Gasteiger partial charge in [0.05, 0.1) is 11.9 Å². The number of rotatable bonds is 4. The van der Waals surface area contributed by atoms with Crippen LogP contribution in [0.4, 0.5) is 5.69 Å². The Balaban J connectivity index is 1.77. The zero-order valence-corrected chi connectivity index (χ0v) is 14.0. The van der Waals surface area contributed by atoms with Crippen molar-refractivity contribution in [1.29, 1.82) is 0 Å². The number of H-pyrrole nitrogens is 1. The van der Waals surface area contributed by atoms with Crippen molar-refractivity contribution in [2.45, 2.75) is 6.92 Å². The number of nitrogens with one attached hydrogen (secondary N) is 1. The number of anilines is 1. The van der Waals surface area contributed by atoms with Gasteiger partial charge < -0.3 is 5.73 Å².